The van der Waals surface area contributed by atoms with Crippen molar-refractivity contribution in [2.24, 2.45) is 19.5 Å². The smallest absolute Gasteiger partial charge is 0.307 e. The van der Waals surface area contributed by atoms with Crippen molar-refractivity contribution in [1.82, 2.24) is 29.2 Å². The third-order valence-electron chi connectivity index (χ3n) is 6.38. The van der Waals surface area contributed by atoms with Gasteiger partial charge in [-0.3, -0.25) is 19.3 Å². The molecule has 6 rings (SSSR count). The van der Waals surface area contributed by atoms with Gasteiger partial charge in [0.05, 0.1) is 40.1 Å². The zero-order valence-corrected chi connectivity index (χ0v) is 18.5. The maximum atomic E-state index is 12.6. The van der Waals surface area contributed by atoms with Gasteiger partial charge in [0.2, 0.25) is 0 Å². The number of likely N-dealkylation sites (tertiary alicyclic amines) is 1. The molecule has 32 heavy (non-hydrogen) atoms. The molecular formula is C22H21N7O2S. The maximum Gasteiger partial charge on any atom is 0.307 e. The van der Waals surface area contributed by atoms with Crippen molar-refractivity contribution in [2.45, 2.75) is 0 Å². The molecule has 0 N–H and O–H groups in total. The predicted octanol–water partition coefficient (Wildman–Crippen LogP) is 1.75. The Hall–Kier alpha value is -3.53. The van der Waals surface area contributed by atoms with Crippen molar-refractivity contribution >= 4 is 33.3 Å². The summed E-state index contributed by atoms with van der Waals surface area (Å²) in [6.45, 7) is 3.24. The van der Waals surface area contributed by atoms with E-state index in [1.54, 1.807) is 41.1 Å². The van der Waals surface area contributed by atoms with E-state index >= 15 is 0 Å². The number of rotatable bonds is 3. The lowest BCUT2D eigenvalue weighted by Crippen LogP contribution is -2.73. The average Bonchev–Trinajstić information content (AvgIpc) is 3.29. The van der Waals surface area contributed by atoms with Gasteiger partial charge >= 0.3 is 4.87 Å². The lowest BCUT2D eigenvalue weighted by Gasteiger charge is -2.60. The highest BCUT2D eigenvalue weighted by Gasteiger charge is 2.53. The number of carbonyl (C=O) groups is 1. The number of anilines is 1. The molecule has 9 nitrogen and oxygen atoms in total. The van der Waals surface area contributed by atoms with Crippen LogP contribution in [0.25, 0.3) is 21.5 Å². The van der Waals surface area contributed by atoms with Gasteiger partial charge in [-0.1, -0.05) is 17.4 Å². The molecule has 0 bridgehead atoms. The number of aromatic nitrogens is 5. The number of amides is 1. The van der Waals surface area contributed by atoms with Crippen LogP contribution in [-0.4, -0.2) is 61.3 Å². The fourth-order valence-corrected chi connectivity index (χ4v) is 5.61. The molecule has 0 aliphatic carbocycles. The van der Waals surface area contributed by atoms with E-state index in [2.05, 4.69) is 15.0 Å². The largest absolute Gasteiger partial charge is 0.354 e. The molecule has 0 unspecified atom stereocenters. The van der Waals surface area contributed by atoms with E-state index in [1.165, 1.54) is 11.3 Å². The zero-order valence-electron chi connectivity index (χ0n) is 17.7. The van der Waals surface area contributed by atoms with Crippen LogP contribution in [0.4, 0.5) is 5.82 Å². The molecule has 2 fully saturated rings. The summed E-state index contributed by atoms with van der Waals surface area (Å²) in [5.41, 5.74) is 3.44. The standard InChI is InChI=1S/C22H21N7O2S/c1-26-9-15(6-24-26)20(30)29-12-22(13-29)10-28(11-22)19-8-23-7-16(25-19)14-3-4-17-18(5-14)32-21(31)27(17)2/h3-9H,10-13H2,1-2H3. The summed E-state index contributed by atoms with van der Waals surface area (Å²) in [6.07, 6.45) is 6.91. The molecule has 1 aromatic carbocycles. The lowest BCUT2D eigenvalue weighted by atomic mass is 9.72. The molecule has 0 saturated carbocycles. The highest BCUT2D eigenvalue weighted by molar-refractivity contribution is 7.16. The van der Waals surface area contributed by atoms with Gasteiger partial charge in [-0.25, -0.2) is 4.98 Å². The van der Waals surface area contributed by atoms with Crippen LogP contribution in [-0.2, 0) is 14.1 Å². The summed E-state index contributed by atoms with van der Waals surface area (Å²) in [5, 5.41) is 4.09. The van der Waals surface area contributed by atoms with Gasteiger partial charge in [-0.2, -0.15) is 5.10 Å². The minimum atomic E-state index is 0.0272. The van der Waals surface area contributed by atoms with Gasteiger partial charge in [-0.15, -0.1) is 0 Å². The molecule has 3 aromatic heterocycles. The molecule has 10 heteroatoms. The van der Waals surface area contributed by atoms with Gasteiger partial charge < -0.3 is 14.4 Å². The van der Waals surface area contributed by atoms with Crippen molar-refractivity contribution in [3.8, 4) is 11.3 Å². The van der Waals surface area contributed by atoms with Crippen LogP contribution < -0.4 is 9.77 Å². The molecule has 0 atom stereocenters. The topological polar surface area (TPSA) is 89.2 Å². The number of carbonyl (C=O) groups excluding carboxylic acids is 1. The quantitative estimate of drug-likeness (QED) is 0.475. The Kier molecular flexibility index (Phi) is 4.03. The van der Waals surface area contributed by atoms with Crippen LogP contribution >= 0.6 is 11.3 Å². The van der Waals surface area contributed by atoms with Gasteiger partial charge in [-0.05, 0) is 12.1 Å². The second kappa shape index (κ2) is 6.73. The number of fused-ring (bicyclic) bond motifs is 1. The predicted molar refractivity (Wildman–Crippen MR) is 122 cm³/mol. The Bertz CT molecular complexity index is 1420. The molecule has 1 amide bonds. The van der Waals surface area contributed by atoms with E-state index in [4.69, 9.17) is 4.98 Å². The first kappa shape index (κ1) is 19.2. The summed E-state index contributed by atoms with van der Waals surface area (Å²) < 4.78 is 4.25. The Morgan fingerprint density at radius 3 is 2.66 bits per heavy atom. The molecule has 2 aliphatic heterocycles. The van der Waals surface area contributed by atoms with Crippen LogP contribution in [0.5, 0.6) is 0 Å². The third kappa shape index (κ3) is 2.94. The molecule has 5 heterocycles. The first-order valence-electron chi connectivity index (χ1n) is 10.4. The van der Waals surface area contributed by atoms with Crippen molar-refractivity contribution in [2.75, 3.05) is 31.1 Å². The van der Waals surface area contributed by atoms with Gasteiger partial charge in [0, 0.05) is 57.4 Å². The molecule has 0 radical (unpaired) electrons. The van der Waals surface area contributed by atoms with E-state index in [0.29, 0.717) is 5.56 Å². The molecule has 4 aromatic rings. The summed E-state index contributed by atoms with van der Waals surface area (Å²) in [5.74, 6) is 0.883. The van der Waals surface area contributed by atoms with Gasteiger partial charge in [0.1, 0.15) is 5.82 Å². The summed E-state index contributed by atoms with van der Waals surface area (Å²) >= 11 is 1.24. The van der Waals surface area contributed by atoms with Crippen molar-refractivity contribution in [3.05, 3.63) is 58.2 Å². The number of aryl methyl sites for hydroxylation is 2. The van der Waals surface area contributed by atoms with E-state index in [1.807, 2.05) is 30.1 Å². The fraction of sp³-hybridized carbons (Fsp3) is 0.318. The fourth-order valence-electron chi connectivity index (χ4n) is 4.69. The van der Waals surface area contributed by atoms with Crippen LogP contribution in [0.2, 0.25) is 0 Å². The first-order valence-corrected chi connectivity index (χ1v) is 11.2. The second-order valence-electron chi connectivity index (χ2n) is 8.79. The number of benzene rings is 1. The number of hydrogen-bond donors (Lipinski definition) is 0. The highest BCUT2D eigenvalue weighted by Crippen LogP contribution is 2.42. The first-order chi connectivity index (χ1) is 15.4. The Morgan fingerprint density at radius 1 is 1.09 bits per heavy atom. The SMILES string of the molecule is Cn1cc(C(=O)N2CC3(C2)CN(c2cncc(-c4ccc5c(c4)sc(=O)n5C)n2)C3)cn1. The Labute approximate surface area is 187 Å². The van der Waals surface area contributed by atoms with E-state index in [0.717, 1.165) is 53.5 Å². The number of thiazole rings is 1. The number of nitrogens with zero attached hydrogens (tertiary/aromatic N) is 7. The molecule has 1 spiro atoms. The Morgan fingerprint density at radius 2 is 1.91 bits per heavy atom. The van der Waals surface area contributed by atoms with E-state index in [-0.39, 0.29) is 16.2 Å². The maximum absolute atomic E-state index is 12.6. The van der Waals surface area contributed by atoms with Crippen LogP contribution in [0.3, 0.4) is 0 Å². The summed E-state index contributed by atoms with van der Waals surface area (Å²) in [6, 6.07) is 5.94. The van der Waals surface area contributed by atoms with Crippen LogP contribution in [0.15, 0.2) is 47.8 Å². The summed E-state index contributed by atoms with van der Waals surface area (Å²) in [7, 11) is 3.60. The van der Waals surface area contributed by atoms with Gasteiger partial charge in [0.25, 0.3) is 5.91 Å². The normalized spacial score (nSPS) is 16.9. The Balaban J connectivity index is 1.15. The molecular weight excluding hydrogens is 426 g/mol. The number of hydrogen-bond acceptors (Lipinski definition) is 7. The van der Waals surface area contributed by atoms with Gasteiger partial charge in [0.15, 0.2) is 0 Å². The minimum absolute atomic E-state index is 0.0272. The third-order valence-corrected chi connectivity index (χ3v) is 7.37. The molecule has 2 saturated heterocycles. The van der Waals surface area contributed by atoms with Crippen LogP contribution in [0, 0.1) is 5.41 Å². The average molecular weight is 448 g/mol. The zero-order chi connectivity index (χ0) is 22.0. The van der Waals surface area contributed by atoms with Crippen LogP contribution in [0.1, 0.15) is 10.4 Å². The molecule has 162 valence electrons. The van der Waals surface area contributed by atoms with Crippen molar-refractivity contribution in [3.63, 3.8) is 0 Å². The van der Waals surface area contributed by atoms with E-state index < -0.39 is 0 Å². The lowest BCUT2D eigenvalue weighted by molar-refractivity contribution is -0.0107. The molecule has 2 aliphatic rings. The van der Waals surface area contributed by atoms with Crippen molar-refractivity contribution < 1.29 is 4.79 Å². The highest BCUT2D eigenvalue weighted by atomic mass is 32.1. The second-order valence-corrected chi connectivity index (χ2v) is 9.79. The minimum Gasteiger partial charge on any atom is -0.354 e. The van der Waals surface area contributed by atoms with Crippen molar-refractivity contribution in [1.29, 1.82) is 0 Å². The van der Waals surface area contributed by atoms with E-state index in [9.17, 15) is 9.59 Å². The summed E-state index contributed by atoms with van der Waals surface area (Å²) in [4.78, 5) is 37.8. The monoisotopic (exact) mass is 447 g/mol.